The molecule has 22 heavy (non-hydrogen) atoms. The van der Waals surface area contributed by atoms with E-state index in [2.05, 4.69) is 5.32 Å². The smallest absolute Gasteiger partial charge is 0.293 e. The van der Waals surface area contributed by atoms with Crippen LogP contribution in [0.1, 0.15) is 19.3 Å². The maximum atomic E-state index is 11.3. The molecule has 0 radical (unpaired) electrons. The van der Waals surface area contributed by atoms with E-state index in [0.29, 0.717) is 24.8 Å². The Morgan fingerprint density at radius 2 is 2.14 bits per heavy atom. The molecule has 1 aliphatic heterocycles. The lowest BCUT2D eigenvalue weighted by Crippen LogP contribution is -2.16. The zero-order valence-electron chi connectivity index (χ0n) is 12.0. The van der Waals surface area contributed by atoms with Gasteiger partial charge in [-0.15, -0.1) is 0 Å². The Kier molecular flexibility index (Phi) is 5.33. The van der Waals surface area contributed by atoms with Crippen molar-refractivity contribution in [3.05, 3.63) is 28.3 Å². The summed E-state index contributed by atoms with van der Waals surface area (Å²) in [6, 6.07) is 3.62. The lowest BCUT2D eigenvalue weighted by atomic mass is 10.0. The van der Waals surface area contributed by atoms with Crippen LogP contribution in [0.4, 0.5) is 11.4 Å². The molecule has 1 aromatic carbocycles. The Labute approximate surface area is 128 Å². The molecule has 122 valence electrons. The van der Waals surface area contributed by atoms with Crippen LogP contribution in [0.25, 0.3) is 0 Å². The number of nitro groups is 1. The van der Waals surface area contributed by atoms with E-state index in [0.717, 1.165) is 31.9 Å². The molecular weight excluding hydrogens is 310 g/mol. The second-order valence-electron chi connectivity index (χ2n) is 5.27. The average molecular weight is 329 g/mol. The number of hydrogen-bond donors (Lipinski definition) is 2. The van der Waals surface area contributed by atoms with Gasteiger partial charge in [0, 0.05) is 25.8 Å². The van der Waals surface area contributed by atoms with Crippen molar-refractivity contribution >= 4 is 21.4 Å². The Morgan fingerprint density at radius 1 is 1.36 bits per heavy atom. The fraction of sp³-hybridized carbons (Fsp3) is 0.538. The van der Waals surface area contributed by atoms with Crippen molar-refractivity contribution in [3.8, 4) is 0 Å². The van der Waals surface area contributed by atoms with Crippen molar-refractivity contribution in [1.29, 1.82) is 0 Å². The molecule has 1 aromatic rings. The van der Waals surface area contributed by atoms with Gasteiger partial charge in [-0.2, -0.15) is 0 Å². The van der Waals surface area contributed by atoms with Crippen LogP contribution in [0, 0.1) is 16.0 Å². The molecule has 0 aromatic heterocycles. The number of primary sulfonamides is 1. The number of sulfonamides is 1. The molecule has 9 heteroatoms. The quantitative estimate of drug-likeness (QED) is 0.622. The van der Waals surface area contributed by atoms with Crippen LogP contribution in [0.2, 0.25) is 0 Å². The highest BCUT2D eigenvalue weighted by Gasteiger charge is 2.20. The van der Waals surface area contributed by atoms with Crippen LogP contribution >= 0.6 is 0 Å². The predicted octanol–water partition coefficient (Wildman–Crippen LogP) is 1.47. The second kappa shape index (κ2) is 7.03. The highest BCUT2D eigenvalue weighted by Crippen LogP contribution is 2.28. The zero-order valence-corrected chi connectivity index (χ0v) is 12.8. The Morgan fingerprint density at radius 3 is 2.82 bits per heavy atom. The summed E-state index contributed by atoms with van der Waals surface area (Å²) in [5.74, 6) is 0.375. The number of benzene rings is 1. The van der Waals surface area contributed by atoms with Gasteiger partial charge in [0.25, 0.3) is 5.69 Å². The molecule has 0 spiro atoms. The third-order valence-corrected chi connectivity index (χ3v) is 4.56. The molecule has 0 unspecified atom stereocenters. The summed E-state index contributed by atoms with van der Waals surface area (Å²) in [6.07, 6.45) is 2.87. The van der Waals surface area contributed by atoms with Gasteiger partial charge in [-0.05, 0) is 37.3 Å². The monoisotopic (exact) mass is 329 g/mol. The molecule has 0 aliphatic carbocycles. The van der Waals surface area contributed by atoms with Crippen molar-refractivity contribution in [2.45, 2.75) is 24.2 Å². The third kappa shape index (κ3) is 4.39. The van der Waals surface area contributed by atoms with Gasteiger partial charge in [-0.1, -0.05) is 0 Å². The van der Waals surface area contributed by atoms with Gasteiger partial charge in [0.05, 0.1) is 9.82 Å². The van der Waals surface area contributed by atoms with Crippen molar-refractivity contribution < 1.29 is 18.1 Å². The van der Waals surface area contributed by atoms with E-state index in [9.17, 15) is 18.5 Å². The van der Waals surface area contributed by atoms with Crippen LogP contribution in [0.15, 0.2) is 23.1 Å². The highest BCUT2D eigenvalue weighted by molar-refractivity contribution is 7.89. The van der Waals surface area contributed by atoms with Crippen molar-refractivity contribution in [3.63, 3.8) is 0 Å². The van der Waals surface area contributed by atoms with E-state index in [4.69, 9.17) is 9.88 Å². The molecule has 3 N–H and O–H groups in total. The summed E-state index contributed by atoms with van der Waals surface area (Å²) in [7, 11) is -3.96. The van der Waals surface area contributed by atoms with Gasteiger partial charge in [-0.25, -0.2) is 13.6 Å². The van der Waals surface area contributed by atoms with Crippen LogP contribution in [-0.4, -0.2) is 33.1 Å². The lowest BCUT2D eigenvalue weighted by Gasteiger charge is -2.15. The summed E-state index contributed by atoms with van der Waals surface area (Å²) < 4.78 is 27.9. The average Bonchev–Trinajstić information content (AvgIpc) is 2.72. The molecule has 1 atom stereocenters. The van der Waals surface area contributed by atoms with Gasteiger partial charge in [0.1, 0.15) is 5.69 Å². The van der Waals surface area contributed by atoms with Crippen molar-refractivity contribution in [2.24, 2.45) is 11.1 Å². The second-order valence-corrected chi connectivity index (χ2v) is 6.83. The molecule has 1 heterocycles. The normalized spacial score (nSPS) is 19.4. The first-order valence-electron chi connectivity index (χ1n) is 7.01. The minimum absolute atomic E-state index is 0.271. The van der Waals surface area contributed by atoms with E-state index in [-0.39, 0.29) is 10.6 Å². The topological polar surface area (TPSA) is 125 Å². The number of nitrogens with one attached hydrogen (secondary N) is 1. The van der Waals surface area contributed by atoms with Crippen LogP contribution in [-0.2, 0) is 14.8 Å². The molecule has 1 aliphatic rings. The number of nitrogens with two attached hydrogens (primary N) is 1. The first kappa shape index (κ1) is 16.7. The molecule has 8 nitrogen and oxygen atoms in total. The number of nitrogens with zero attached hydrogens (tertiary/aromatic N) is 1. The third-order valence-electron chi connectivity index (χ3n) is 3.65. The minimum atomic E-state index is -3.96. The number of hydrogen-bond acceptors (Lipinski definition) is 6. The molecular formula is C13H19N3O5S. The van der Waals surface area contributed by atoms with E-state index in [1.54, 1.807) is 0 Å². The van der Waals surface area contributed by atoms with Gasteiger partial charge < -0.3 is 10.1 Å². The molecule has 0 bridgehead atoms. The van der Waals surface area contributed by atoms with E-state index in [1.807, 2.05) is 0 Å². The Bertz CT molecular complexity index is 639. The zero-order chi connectivity index (χ0) is 16.2. The molecule has 0 saturated carbocycles. The molecule has 2 rings (SSSR count). The first-order chi connectivity index (χ1) is 10.4. The summed E-state index contributed by atoms with van der Waals surface area (Å²) in [6.45, 7) is 2.03. The number of ether oxygens (including phenoxy) is 1. The van der Waals surface area contributed by atoms with Gasteiger partial charge in [0.2, 0.25) is 10.0 Å². The van der Waals surface area contributed by atoms with Crippen molar-refractivity contribution in [1.82, 2.24) is 0 Å². The Hall–Kier alpha value is -1.71. The maximum Gasteiger partial charge on any atom is 0.293 e. The number of anilines is 1. The first-order valence-corrected chi connectivity index (χ1v) is 8.55. The van der Waals surface area contributed by atoms with Gasteiger partial charge in [-0.3, -0.25) is 10.1 Å². The largest absolute Gasteiger partial charge is 0.381 e. The predicted molar refractivity (Wildman–Crippen MR) is 81.1 cm³/mol. The molecule has 1 fully saturated rings. The summed E-state index contributed by atoms with van der Waals surface area (Å²) >= 11 is 0. The fourth-order valence-corrected chi connectivity index (χ4v) is 2.95. The lowest BCUT2D eigenvalue weighted by molar-refractivity contribution is -0.384. The highest BCUT2D eigenvalue weighted by atomic mass is 32.2. The van der Waals surface area contributed by atoms with E-state index >= 15 is 0 Å². The Balaban J connectivity index is 2.14. The van der Waals surface area contributed by atoms with Crippen molar-refractivity contribution in [2.75, 3.05) is 25.1 Å². The number of nitro benzene ring substituents is 1. The van der Waals surface area contributed by atoms with E-state index in [1.165, 1.54) is 12.1 Å². The fourth-order valence-electron chi connectivity index (χ4n) is 2.42. The summed E-state index contributed by atoms with van der Waals surface area (Å²) in [4.78, 5) is 10.2. The van der Waals surface area contributed by atoms with Gasteiger partial charge >= 0.3 is 0 Å². The number of rotatable bonds is 5. The van der Waals surface area contributed by atoms with Crippen LogP contribution in [0.5, 0.6) is 0 Å². The molecule has 1 saturated heterocycles. The van der Waals surface area contributed by atoms with Gasteiger partial charge in [0.15, 0.2) is 0 Å². The maximum absolute atomic E-state index is 11.3. The van der Waals surface area contributed by atoms with Crippen LogP contribution < -0.4 is 10.5 Å². The van der Waals surface area contributed by atoms with E-state index < -0.39 is 14.9 Å². The minimum Gasteiger partial charge on any atom is -0.381 e. The SMILES string of the molecule is NS(=O)(=O)c1ccc(NC[C@@H]2CCCOCC2)c([N+](=O)[O-])c1. The standard InChI is InChI=1S/C13H19N3O5S/c14-22(19,20)11-3-4-12(13(8-11)16(17)18)15-9-10-2-1-6-21-7-5-10/h3-4,8,10,15H,1-2,5-7,9H2,(H2,14,19,20)/t10-/m1/s1. The summed E-state index contributed by atoms with van der Waals surface area (Å²) in [5, 5.41) is 19.2. The van der Waals surface area contributed by atoms with Crippen LogP contribution in [0.3, 0.4) is 0 Å². The summed E-state index contributed by atoms with van der Waals surface area (Å²) in [5.41, 5.74) is -0.000961. The molecule has 0 amide bonds.